The molecule has 2 nitrogen and oxygen atoms in total. The minimum atomic E-state index is 0.339. The molecule has 0 bridgehead atoms. The Kier molecular flexibility index (Phi) is 6.10. The molecule has 0 saturated carbocycles. The topological polar surface area (TPSA) is 15.3 Å². The van der Waals surface area contributed by atoms with Crippen molar-refractivity contribution in [1.29, 1.82) is 0 Å². The van der Waals surface area contributed by atoms with Gasteiger partial charge in [0.25, 0.3) is 0 Å². The summed E-state index contributed by atoms with van der Waals surface area (Å²) in [4.78, 5) is 2.82. The molecule has 0 amide bonds. The van der Waals surface area contributed by atoms with E-state index < -0.39 is 0 Å². The third-order valence-corrected chi connectivity index (χ3v) is 5.76. The highest BCUT2D eigenvalue weighted by Gasteiger charge is 2.44. The van der Waals surface area contributed by atoms with Crippen LogP contribution >= 0.6 is 0 Å². The molecule has 1 aliphatic heterocycles. The van der Waals surface area contributed by atoms with E-state index in [1.54, 1.807) is 0 Å². The summed E-state index contributed by atoms with van der Waals surface area (Å²) in [5.74, 6) is 0. The highest BCUT2D eigenvalue weighted by Crippen LogP contribution is 2.34. The van der Waals surface area contributed by atoms with Crippen molar-refractivity contribution in [3.8, 4) is 0 Å². The first-order valence-electron chi connectivity index (χ1n) is 8.76. The zero-order chi connectivity index (χ0) is 15.4. The van der Waals surface area contributed by atoms with Crippen molar-refractivity contribution >= 4 is 0 Å². The molecule has 0 aliphatic carbocycles. The second-order valence-corrected chi connectivity index (χ2v) is 8.00. The summed E-state index contributed by atoms with van der Waals surface area (Å²) in [5.41, 5.74) is 1.14. The second kappa shape index (κ2) is 6.79. The van der Waals surface area contributed by atoms with Crippen LogP contribution in [-0.2, 0) is 0 Å². The van der Waals surface area contributed by atoms with Crippen molar-refractivity contribution in [2.45, 2.75) is 91.6 Å². The average Bonchev–Trinajstić information content (AvgIpc) is 2.44. The van der Waals surface area contributed by atoms with Gasteiger partial charge in [-0.25, -0.2) is 0 Å². The summed E-state index contributed by atoms with van der Waals surface area (Å²) in [6.45, 7) is 20.1. The molecule has 0 aromatic rings. The predicted octanol–water partition coefficient (Wildman–Crippen LogP) is 4.45. The molecular weight excluding hydrogens is 244 g/mol. The fourth-order valence-corrected chi connectivity index (χ4v) is 3.51. The first-order valence-corrected chi connectivity index (χ1v) is 8.76. The van der Waals surface area contributed by atoms with Crippen LogP contribution in [0.4, 0.5) is 0 Å². The second-order valence-electron chi connectivity index (χ2n) is 8.00. The largest absolute Gasteiger partial charge is 0.308 e. The Hall–Kier alpha value is -0.0800. The van der Waals surface area contributed by atoms with E-state index >= 15 is 0 Å². The van der Waals surface area contributed by atoms with Gasteiger partial charge in [-0.15, -0.1) is 0 Å². The Morgan fingerprint density at radius 3 is 1.90 bits per heavy atom. The Balaban J connectivity index is 2.88. The molecule has 1 N–H and O–H groups in total. The van der Waals surface area contributed by atoms with Crippen LogP contribution in [0.15, 0.2) is 0 Å². The first kappa shape index (κ1) is 18.0. The van der Waals surface area contributed by atoms with E-state index in [1.165, 1.54) is 45.2 Å². The lowest BCUT2D eigenvalue weighted by Crippen LogP contribution is -2.69. The van der Waals surface area contributed by atoms with Crippen LogP contribution in [-0.4, -0.2) is 35.6 Å². The highest BCUT2D eigenvalue weighted by atomic mass is 15.3. The average molecular weight is 283 g/mol. The van der Waals surface area contributed by atoms with Gasteiger partial charge in [0.2, 0.25) is 0 Å². The third-order valence-electron chi connectivity index (χ3n) is 5.76. The van der Waals surface area contributed by atoms with Crippen LogP contribution in [0.25, 0.3) is 0 Å². The molecule has 1 heterocycles. The van der Waals surface area contributed by atoms with Crippen LogP contribution < -0.4 is 5.32 Å². The fraction of sp³-hybridized carbons (Fsp3) is 1.00. The molecule has 2 heteroatoms. The van der Waals surface area contributed by atoms with Crippen LogP contribution in [0.3, 0.4) is 0 Å². The molecule has 20 heavy (non-hydrogen) atoms. The fourth-order valence-electron chi connectivity index (χ4n) is 3.51. The van der Waals surface area contributed by atoms with Crippen molar-refractivity contribution < 1.29 is 0 Å². The zero-order valence-corrected chi connectivity index (χ0v) is 15.1. The highest BCUT2D eigenvalue weighted by molar-refractivity contribution is 5.03. The number of hydrogen-bond donors (Lipinski definition) is 1. The molecule has 0 atom stereocenters. The summed E-state index contributed by atoms with van der Waals surface area (Å²) >= 11 is 0. The Labute approximate surface area is 127 Å². The normalized spacial score (nSPS) is 22.9. The lowest BCUT2D eigenvalue weighted by Gasteiger charge is -2.55. The molecule has 1 rings (SSSR count). The summed E-state index contributed by atoms with van der Waals surface area (Å²) in [6.07, 6.45) is 6.27. The van der Waals surface area contributed by atoms with Gasteiger partial charge in [-0.1, -0.05) is 48.5 Å². The Morgan fingerprint density at radius 1 is 0.950 bits per heavy atom. The molecule has 0 radical (unpaired) electrons. The maximum Gasteiger partial charge on any atom is 0.0329 e. The zero-order valence-electron chi connectivity index (χ0n) is 15.1. The first-order chi connectivity index (χ1) is 9.26. The molecule has 1 saturated heterocycles. The van der Waals surface area contributed by atoms with E-state index in [-0.39, 0.29) is 0 Å². The molecule has 0 unspecified atom stereocenters. The van der Waals surface area contributed by atoms with Gasteiger partial charge in [-0.05, 0) is 44.1 Å². The van der Waals surface area contributed by atoms with Gasteiger partial charge in [-0.2, -0.15) is 0 Å². The number of nitrogens with one attached hydrogen (secondary N) is 1. The van der Waals surface area contributed by atoms with Gasteiger partial charge in [0.15, 0.2) is 0 Å². The van der Waals surface area contributed by atoms with Crippen LogP contribution in [0.1, 0.15) is 80.6 Å². The van der Waals surface area contributed by atoms with E-state index in [4.69, 9.17) is 0 Å². The Bertz CT molecular complexity index is 282. The van der Waals surface area contributed by atoms with Crippen LogP contribution in [0, 0.1) is 5.41 Å². The van der Waals surface area contributed by atoms with E-state index in [1.807, 2.05) is 0 Å². The van der Waals surface area contributed by atoms with Gasteiger partial charge in [0.05, 0.1) is 0 Å². The van der Waals surface area contributed by atoms with Crippen molar-refractivity contribution in [3.05, 3.63) is 0 Å². The lowest BCUT2D eigenvalue weighted by molar-refractivity contribution is -0.0107. The number of piperazine rings is 1. The third kappa shape index (κ3) is 3.98. The van der Waals surface area contributed by atoms with Crippen molar-refractivity contribution in [2.75, 3.05) is 19.6 Å². The summed E-state index contributed by atoms with van der Waals surface area (Å²) in [6, 6.07) is 0. The maximum absolute atomic E-state index is 3.91. The van der Waals surface area contributed by atoms with E-state index in [9.17, 15) is 0 Å². The van der Waals surface area contributed by atoms with E-state index in [0.717, 1.165) is 6.54 Å². The smallest absolute Gasteiger partial charge is 0.0329 e. The molecule has 0 aromatic heterocycles. The van der Waals surface area contributed by atoms with Gasteiger partial charge in [-0.3, -0.25) is 4.90 Å². The summed E-state index contributed by atoms with van der Waals surface area (Å²) in [5, 5.41) is 3.91. The van der Waals surface area contributed by atoms with Crippen LogP contribution in [0.2, 0.25) is 0 Å². The van der Waals surface area contributed by atoms with Crippen molar-refractivity contribution in [1.82, 2.24) is 10.2 Å². The Morgan fingerprint density at radius 2 is 1.50 bits per heavy atom. The molecule has 120 valence electrons. The minimum Gasteiger partial charge on any atom is -0.308 e. The van der Waals surface area contributed by atoms with Crippen molar-refractivity contribution in [3.63, 3.8) is 0 Å². The standard InChI is InChI=1S/C18H38N2/c1-8-17(9-2)15-20(13-12-16(5,6)7)18(10-3,11-4)14-19-17/h19H,8-15H2,1-7H3. The molecule has 1 fully saturated rings. The van der Waals surface area contributed by atoms with E-state index in [0.29, 0.717) is 16.5 Å². The maximum atomic E-state index is 3.91. The quantitative estimate of drug-likeness (QED) is 0.774. The van der Waals surface area contributed by atoms with Gasteiger partial charge in [0, 0.05) is 24.2 Å². The minimum absolute atomic E-state index is 0.339. The number of rotatable bonds is 6. The van der Waals surface area contributed by atoms with Gasteiger partial charge < -0.3 is 5.32 Å². The van der Waals surface area contributed by atoms with Crippen molar-refractivity contribution in [2.24, 2.45) is 5.41 Å². The number of nitrogens with zero attached hydrogens (tertiary/aromatic N) is 1. The SMILES string of the molecule is CCC1(CC)CN(CCC(C)(C)C)C(CC)(CC)CN1. The predicted molar refractivity (Wildman–Crippen MR) is 90.3 cm³/mol. The molecule has 0 aromatic carbocycles. The molecule has 0 spiro atoms. The number of hydrogen-bond acceptors (Lipinski definition) is 2. The summed E-state index contributed by atoms with van der Waals surface area (Å²) in [7, 11) is 0. The van der Waals surface area contributed by atoms with E-state index in [2.05, 4.69) is 58.7 Å². The van der Waals surface area contributed by atoms with Gasteiger partial charge >= 0.3 is 0 Å². The lowest BCUT2D eigenvalue weighted by atomic mass is 9.79. The van der Waals surface area contributed by atoms with Gasteiger partial charge in [0.1, 0.15) is 0 Å². The molecular formula is C18H38N2. The summed E-state index contributed by atoms with van der Waals surface area (Å²) < 4.78 is 0. The molecule has 1 aliphatic rings. The monoisotopic (exact) mass is 282 g/mol. The van der Waals surface area contributed by atoms with Crippen LogP contribution in [0.5, 0.6) is 0 Å².